The van der Waals surface area contributed by atoms with Crippen LogP contribution >= 0.6 is 12.4 Å². The van der Waals surface area contributed by atoms with Crippen molar-refractivity contribution in [2.45, 2.75) is 6.54 Å². The van der Waals surface area contributed by atoms with Crippen molar-refractivity contribution < 1.29 is 9.59 Å². The minimum atomic E-state index is -0.323. The first-order valence-corrected chi connectivity index (χ1v) is 6.96. The fourth-order valence-electron chi connectivity index (χ4n) is 1.77. The van der Waals surface area contributed by atoms with Crippen molar-refractivity contribution in [2.75, 3.05) is 40.3 Å². The van der Waals surface area contributed by atoms with E-state index in [1.165, 1.54) is 0 Å². The number of likely N-dealkylation sites (N-methyl/N-ethyl adjacent to an activating group) is 1. The van der Waals surface area contributed by atoms with Crippen molar-refractivity contribution in [2.24, 2.45) is 5.73 Å². The van der Waals surface area contributed by atoms with Crippen LogP contribution < -0.4 is 11.1 Å². The predicted octanol–water partition coefficient (Wildman–Crippen LogP) is 0.0735. The Kier molecular flexibility index (Phi) is 10.2. The molecule has 2 amide bonds. The standard InChI is InChI=1S/C15H24N4O2.ClH/c1-18(2)8-9-19(12-13-6-4-3-5-7-13)15(21)11-17-14(20)10-16;/h3-7H,8-12,16H2,1-2H3,(H,17,20);1H. The van der Waals surface area contributed by atoms with Crippen LogP contribution in [0.25, 0.3) is 0 Å². The lowest BCUT2D eigenvalue weighted by Gasteiger charge is -2.24. The second kappa shape index (κ2) is 11.0. The van der Waals surface area contributed by atoms with Gasteiger partial charge in [-0.2, -0.15) is 0 Å². The maximum Gasteiger partial charge on any atom is 0.242 e. The highest BCUT2D eigenvalue weighted by Crippen LogP contribution is 2.04. The van der Waals surface area contributed by atoms with Crippen LogP contribution in [-0.4, -0.2) is 61.9 Å². The van der Waals surface area contributed by atoms with Crippen LogP contribution in [0, 0.1) is 0 Å². The molecule has 0 spiro atoms. The third-order valence-corrected chi connectivity index (χ3v) is 3.01. The summed E-state index contributed by atoms with van der Waals surface area (Å²) in [5, 5.41) is 2.52. The van der Waals surface area contributed by atoms with Crippen LogP contribution in [0.4, 0.5) is 0 Å². The fourth-order valence-corrected chi connectivity index (χ4v) is 1.77. The lowest BCUT2D eigenvalue weighted by atomic mass is 10.2. The summed E-state index contributed by atoms with van der Waals surface area (Å²) in [5.41, 5.74) is 6.28. The van der Waals surface area contributed by atoms with Gasteiger partial charge in [0.05, 0.1) is 13.1 Å². The van der Waals surface area contributed by atoms with E-state index < -0.39 is 0 Å². The number of carbonyl (C=O) groups excluding carboxylic acids is 2. The number of halogens is 1. The van der Waals surface area contributed by atoms with E-state index in [9.17, 15) is 9.59 Å². The maximum atomic E-state index is 12.2. The monoisotopic (exact) mass is 328 g/mol. The van der Waals surface area contributed by atoms with Crippen LogP contribution in [0.1, 0.15) is 5.56 Å². The molecule has 0 bridgehead atoms. The zero-order valence-electron chi connectivity index (χ0n) is 13.1. The van der Waals surface area contributed by atoms with Gasteiger partial charge in [0.2, 0.25) is 11.8 Å². The first-order chi connectivity index (χ1) is 10.0. The molecule has 3 N–H and O–H groups in total. The van der Waals surface area contributed by atoms with Crippen LogP contribution in [0.2, 0.25) is 0 Å². The third kappa shape index (κ3) is 7.97. The van der Waals surface area contributed by atoms with Gasteiger partial charge in [-0.3, -0.25) is 9.59 Å². The van der Waals surface area contributed by atoms with Gasteiger partial charge in [-0.15, -0.1) is 12.4 Å². The number of benzene rings is 1. The summed E-state index contributed by atoms with van der Waals surface area (Å²) in [5.74, 6) is -0.432. The second-order valence-corrected chi connectivity index (χ2v) is 5.09. The number of nitrogens with zero attached hydrogens (tertiary/aromatic N) is 2. The number of amides is 2. The van der Waals surface area contributed by atoms with E-state index >= 15 is 0 Å². The first-order valence-electron chi connectivity index (χ1n) is 6.96. The topological polar surface area (TPSA) is 78.7 Å². The molecule has 1 aromatic rings. The molecule has 1 aromatic carbocycles. The lowest BCUT2D eigenvalue weighted by molar-refractivity contribution is -0.133. The third-order valence-electron chi connectivity index (χ3n) is 3.01. The van der Waals surface area contributed by atoms with Crippen LogP contribution in [0.15, 0.2) is 30.3 Å². The van der Waals surface area contributed by atoms with Crippen molar-refractivity contribution >= 4 is 24.2 Å². The first kappa shape index (κ1) is 20.4. The fraction of sp³-hybridized carbons (Fsp3) is 0.467. The van der Waals surface area contributed by atoms with E-state index in [0.29, 0.717) is 13.1 Å². The molecule has 0 aliphatic carbocycles. The molecule has 1 rings (SSSR count). The number of nitrogens with one attached hydrogen (secondary N) is 1. The molecule has 0 saturated heterocycles. The summed E-state index contributed by atoms with van der Waals surface area (Å²) in [6.45, 7) is 1.79. The Labute approximate surface area is 138 Å². The Morgan fingerprint density at radius 1 is 1.14 bits per heavy atom. The Bertz CT molecular complexity index is 454. The number of hydrogen-bond donors (Lipinski definition) is 2. The zero-order valence-corrected chi connectivity index (χ0v) is 13.9. The van der Waals surface area contributed by atoms with Crippen molar-refractivity contribution in [1.29, 1.82) is 0 Å². The summed E-state index contributed by atoms with van der Waals surface area (Å²) >= 11 is 0. The Hall–Kier alpha value is -1.63. The maximum absolute atomic E-state index is 12.2. The summed E-state index contributed by atoms with van der Waals surface area (Å²) < 4.78 is 0. The number of hydrogen-bond acceptors (Lipinski definition) is 4. The number of carbonyl (C=O) groups is 2. The SMILES string of the molecule is CN(C)CCN(Cc1ccccc1)C(=O)CNC(=O)CN.Cl. The Morgan fingerprint density at radius 3 is 2.32 bits per heavy atom. The molecule has 0 heterocycles. The van der Waals surface area contributed by atoms with Crippen LogP contribution in [0.5, 0.6) is 0 Å². The summed E-state index contributed by atoms with van der Waals surface area (Å²) in [6.07, 6.45) is 0. The van der Waals surface area contributed by atoms with Crippen molar-refractivity contribution in [3.05, 3.63) is 35.9 Å². The average molecular weight is 329 g/mol. The highest BCUT2D eigenvalue weighted by atomic mass is 35.5. The largest absolute Gasteiger partial charge is 0.346 e. The lowest BCUT2D eigenvalue weighted by Crippen LogP contribution is -2.43. The Morgan fingerprint density at radius 2 is 1.77 bits per heavy atom. The second-order valence-electron chi connectivity index (χ2n) is 5.09. The molecule has 7 heteroatoms. The number of nitrogens with two attached hydrogens (primary N) is 1. The molecule has 0 radical (unpaired) electrons. The highest BCUT2D eigenvalue weighted by Gasteiger charge is 2.14. The van der Waals surface area contributed by atoms with Gasteiger partial charge in [0.1, 0.15) is 0 Å². The molecule has 0 atom stereocenters. The van der Waals surface area contributed by atoms with Gasteiger partial charge in [-0.05, 0) is 19.7 Å². The molecule has 6 nitrogen and oxygen atoms in total. The van der Waals surface area contributed by atoms with Crippen molar-refractivity contribution in [3.63, 3.8) is 0 Å². The summed E-state index contributed by atoms with van der Waals surface area (Å²) in [4.78, 5) is 27.1. The normalized spacial score (nSPS) is 10.0. The van der Waals surface area contributed by atoms with E-state index in [2.05, 4.69) is 5.32 Å². The molecule has 124 valence electrons. The minimum Gasteiger partial charge on any atom is -0.346 e. The van der Waals surface area contributed by atoms with Gasteiger partial charge in [-0.25, -0.2) is 0 Å². The van der Waals surface area contributed by atoms with Gasteiger partial charge < -0.3 is 20.9 Å². The quantitative estimate of drug-likeness (QED) is 0.708. The highest BCUT2D eigenvalue weighted by molar-refractivity contribution is 5.85. The van der Waals surface area contributed by atoms with E-state index in [-0.39, 0.29) is 37.3 Å². The van der Waals surface area contributed by atoms with Crippen molar-refractivity contribution in [1.82, 2.24) is 15.1 Å². The summed E-state index contributed by atoms with van der Waals surface area (Å²) in [7, 11) is 3.92. The predicted molar refractivity (Wildman–Crippen MR) is 89.7 cm³/mol. The zero-order chi connectivity index (χ0) is 15.7. The van der Waals surface area contributed by atoms with E-state index in [4.69, 9.17) is 5.73 Å². The average Bonchev–Trinajstić information content (AvgIpc) is 2.49. The van der Waals surface area contributed by atoms with Crippen LogP contribution in [0.3, 0.4) is 0 Å². The van der Waals surface area contributed by atoms with Crippen molar-refractivity contribution in [3.8, 4) is 0 Å². The van der Waals surface area contributed by atoms with Gasteiger partial charge in [0.15, 0.2) is 0 Å². The molecule has 0 unspecified atom stereocenters. The summed E-state index contributed by atoms with van der Waals surface area (Å²) in [6, 6.07) is 9.79. The molecule has 22 heavy (non-hydrogen) atoms. The molecular weight excluding hydrogens is 304 g/mol. The van der Waals surface area contributed by atoms with E-state index in [1.807, 2.05) is 49.3 Å². The molecule has 0 fully saturated rings. The van der Waals surface area contributed by atoms with E-state index in [0.717, 1.165) is 12.1 Å². The molecule has 0 aliphatic heterocycles. The Balaban J connectivity index is 0.00000441. The molecular formula is C15H25ClN4O2. The van der Waals surface area contributed by atoms with Gasteiger partial charge in [0.25, 0.3) is 0 Å². The molecule has 0 saturated carbocycles. The molecule has 0 aliphatic rings. The molecule has 0 aromatic heterocycles. The van der Waals surface area contributed by atoms with Gasteiger partial charge in [-0.1, -0.05) is 30.3 Å². The van der Waals surface area contributed by atoms with Gasteiger partial charge >= 0.3 is 0 Å². The van der Waals surface area contributed by atoms with Gasteiger partial charge in [0, 0.05) is 19.6 Å². The van der Waals surface area contributed by atoms with E-state index in [1.54, 1.807) is 4.90 Å². The smallest absolute Gasteiger partial charge is 0.242 e. The minimum absolute atomic E-state index is 0. The number of rotatable bonds is 8. The van der Waals surface area contributed by atoms with Crippen LogP contribution in [-0.2, 0) is 16.1 Å².